The van der Waals surface area contributed by atoms with E-state index in [0.29, 0.717) is 5.75 Å². The van der Waals surface area contributed by atoms with Gasteiger partial charge >= 0.3 is 5.97 Å². The van der Waals surface area contributed by atoms with Gasteiger partial charge in [-0.3, -0.25) is 4.79 Å². The quantitative estimate of drug-likeness (QED) is 0.620. The third kappa shape index (κ3) is 3.65. The van der Waals surface area contributed by atoms with E-state index in [-0.39, 0.29) is 36.0 Å². The summed E-state index contributed by atoms with van der Waals surface area (Å²) in [5.74, 6) is -0.514. The fourth-order valence-electron chi connectivity index (χ4n) is 3.53. The maximum atomic E-state index is 12.8. The molecule has 0 spiro atoms. The summed E-state index contributed by atoms with van der Waals surface area (Å²) < 4.78 is 32.1. The number of ether oxygens (including phenoxy) is 1. The molecule has 28 heavy (non-hydrogen) atoms. The lowest BCUT2D eigenvalue weighted by Crippen LogP contribution is -2.49. The number of amides is 1. The Morgan fingerprint density at radius 2 is 1.89 bits per heavy atom. The smallest absolute Gasteiger partial charge is 0.343 e. The topological polar surface area (TPSA) is 92.8 Å². The van der Waals surface area contributed by atoms with E-state index in [9.17, 15) is 18.0 Å². The van der Waals surface area contributed by atoms with Gasteiger partial charge in [-0.15, -0.1) is 0 Å². The molecule has 146 valence electrons. The molecule has 1 N–H and O–H groups in total. The number of esters is 1. The van der Waals surface area contributed by atoms with Gasteiger partial charge in [-0.2, -0.15) is 4.31 Å². The van der Waals surface area contributed by atoms with E-state index in [2.05, 4.69) is 5.32 Å². The first-order valence-electron chi connectivity index (χ1n) is 9.14. The molecule has 8 heteroatoms. The van der Waals surface area contributed by atoms with Crippen LogP contribution in [0.1, 0.15) is 27.9 Å². The van der Waals surface area contributed by atoms with Crippen LogP contribution in [0.25, 0.3) is 0 Å². The van der Waals surface area contributed by atoms with Crippen molar-refractivity contribution in [2.75, 3.05) is 19.6 Å². The highest BCUT2D eigenvalue weighted by Crippen LogP contribution is 2.27. The standard InChI is InChI=1S/C20H20N2O5S/c23-19-13-22(10-9-21-19)28(25,26)18-6-2-5-16(12-18)20(24)27-17-8-7-14-3-1-4-15(14)11-17/h2,5-8,11-12H,1,3-4,9-10,13H2,(H,21,23). The molecule has 4 rings (SSSR count). The van der Waals surface area contributed by atoms with Crippen molar-refractivity contribution in [1.82, 2.24) is 9.62 Å². The van der Waals surface area contributed by atoms with Gasteiger partial charge in [-0.25, -0.2) is 13.2 Å². The van der Waals surface area contributed by atoms with Crippen LogP contribution in [-0.2, 0) is 27.7 Å². The number of piperazine rings is 1. The van der Waals surface area contributed by atoms with Crippen molar-refractivity contribution in [1.29, 1.82) is 0 Å². The fourth-order valence-corrected chi connectivity index (χ4v) is 4.97. The molecule has 2 aliphatic rings. The average Bonchev–Trinajstić information content (AvgIpc) is 3.16. The van der Waals surface area contributed by atoms with Crippen LogP contribution in [0.15, 0.2) is 47.4 Å². The number of hydrogen-bond acceptors (Lipinski definition) is 5. The number of nitrogens with zero attached hydrogens (tertiary/aromatic N) is 1. The summed E-state index contributed by atoms with van der Waals surface area (Å²) in [5.41, 5.74) is 2.60. The summed E-state index contributed by atoms with van der Waals surface area (Å²) >= 11 is 0. The monoisotopic (exact) mass is 400 g/mol. The van der Waals surface area contributed by atoms with E-state index < -0.39 is 16.0 Å². The highest BCUT2D eigenvalue weighted by Gasteiger charge is 2.29. The Bertz CT molecular complexity index is 1050. The molecule has 0 unspecified atom stereocenters. The van der Waals surface area contributed by atoms with E-state index >= 15 is 0 Å². The molecule has 0 bridgehead atoms. The number of rotatable bonds is 4. The second kappa shape index (κ2) is 7.37. The van der Waals surface area contributed by atoms with E-state index in [1.54, 1.807) is 6.07 Å². The van der Waals surface area contributed by atoms with Gasteiger partial charge < -0.3 is 10.1 Å². The molecular formula is C20H20N2O5S. The van der Waals surface area contributed by atoms with Crippen LogP contribution >= 0.6 is 0 Å². The molecular weight excluding hydrogens is 380 g/mol. The Hall–Kier alpha value is -2.71. The van der Waals surface area contributed by atoms with Crippen molar-refractivity contribution >= 4 is 21.9 Å². The van der Waals surface area contributed by atoms with Crippen molar-refractivity contribution in [2.24, 2.45) is 0 Å². The van der Waals surface area contributed by atoms with Crippen molar-refractivity contribution in [2.45, 2.75) is 24.2 Å². The lowest BCUT2D eigenvalue weighted by molar-refractivity contribution is -0.122. The summed E-state index contributed by atoms with van der Waals surface area (Å²) in [4.78, 5) is 24.0. The van der Waals surface area contributed by atoms with E-state index in [1.165, 1.54) is 35.4 Å². The lowest BCUT2D eigenvalue weighted by Gasteiger charge is -2.26. The molecule has 0 aromatic heterocycles. The van der Waals surface area contributed by atoms with Crippen molar-refractivity contribution in [3.05, 3.63) is 59.2 Å². The Balaban J connectivity index is 1.54. The number of fused-ring (bicyclic) bond motifs is 1. The maximum absolute atomic E-state index is 12.8. The molecule has 2 aromatic rings. The van der Waals surface area contributed by atoms with Crippen molar-refractivity contribution in [3.63, 3.8) is 0 Å². The number of benzene rings is 2. The van der Waals surface area contributed by atoms with Gasteiger partial charge in [0.05, 0.1) is 17.0 Å². The Kier molecular flexibility index (Phi) is 4.91. The summed E-state index contributed by atoms with van der Waals surface area (Å²) in [6, 6.07) is 11.3. The Morgan fingerprint density at radius 1 is 1.07 bits per heavy atom. The average molecular weight is 400 g/mol. The van der Waals surface area contributed by atoms with Gasteiger partial charge in [0.2, 0.25) is 15.9 Å². The van der Waals surface area contributed by atoms with Gasteiger partial charge in [0.15, 0.2) is 0 Å². The number of aryl methyl sites for hydroxylation is 2. The van der Waals surface area contributed by atoms with Gasteiger partial charge in [0, 0.05) is 13.1 Å². The minimum Gasteiger partial charge on any atom is -0.423 e. The highest BCUT2D eigenvalue weighted by atomic mass is 32.2. The molecule has 0 atom stereocenters. The number of nitrogens with one attached hydrogen (secondary N) is 1. The fraction of sp³-hybridized carbons (Fsp3) is 0.300. The molecule has 1 saturated heterocycles. The van der Waals surface area contributed by atoms with Gasteiger partial charge in [0.25, 0.3) is 0 Å². The first-order chi connectivity index (χ1) is 13.4. The SMILES string of the molecule is O=C1CN(S(=O)(=O)c2cccc(C(=O)Oc3ccc4c(c3)CCC4)c2)CCN1. The van der Waals surface area contributed by atoms with Gasteiger partial charge in [-0.1, -0.05) is 12.1 Å². The van der Waals surface area contributed by atoms with E-state index in [0.717, 1.165) is 23.6 Å². The molecule has 1 aliphatic heterocycles. The molecule has 7 nitrogen and oxygen atoms in total. The van der Waals surface area contributed by atoms with E-state index in [4.69, 9.17) is 4.74 Å². The molecule has 1 amide bonds. The summed E-state index contributed by atoms with van der Waals surface area (Å²) in [6.07, 6.45) is 3.11. The van der Waals surface area contributed by atoms with Crippen LogP contribution < -0.4 is 10.1 Å². The molecule has 2 aromatic carbocycles. The van der Waals surface area contributed by atoms with Crippen molar-refractivity contribution < 1.29 is 22.7 Å². The maximum Gasteiger partial charge on any atom is 0.343 e. The normalized spacial score (nSPS) is 17.1. The third-order valence-corrected chi connectivity index (χ3v) is 6.83. The number of carbonyl (C=O) groups excluding carboxylic acids is 2. The minimum atomic E-state index is -3.87. The van der Waals surface area contributed by atoms with Gasteiger partial charge in [0.1, 0.15) is 5.75 Å². The zero-order valence-electron chi connectivity index (χ0n) is 15.2. The zero-order chi connectivity index (χ0) is 19.7. The van der Waals surface area contributed by atoms with Crippen LogP contribution in [0.3, 0.4) is 0 Å². The second-order valence-corrected chi connectivity index (χ2v) is 8.83. The van der Waals surface area contributed by atoms with E-state index in [1.807, 2.05) is 12.1 Å². The lowest BCUT2D eigenvalue weighted by atomic mass is 10.1. The number of sulfonamides is 1. The van der Waals surface area contributed by atoms with Crippen LogP contribution in [0.5, 0.6) is 5.75 Å². The first-order valence-corrected chi connectivity index (χ1v) is 10.6. The predicted molar refractivity (Wildman–Crippen MR) is 102 cm³/mol. The molecule has 1 heterocycles. The summed E-state index contributed by atoms with van der Waals surface area (Å²) in [5, 5.41) is 2.59. The first kappa shape index (κ1) is 18.6. The Labute approximate surface area is 163 Å². The molecule has 1 aliphatic carbocycles. The van der Waals surface area contributed by atoms with Crippen LogP contribution in [0, 0.1) is 0 Å². The Morgan fingerprint density at radius 3 is 2.71 bits per heavy atom. The number of hydrogen-bond donors (Lipinski definition) is 1. The zero-order valence-corrected chi connectivity index (χ0v) is 16.0. The van der Waals surface area contributed by atoms with Gasteiger partial charge in [-0.05, 0) is 60.7 Å². The van der Waals surface area contributed by atoms with Crippen LogP contribution in [0.4, 0.5) is 0 Å². The minimum absolute atomic E-state index is 0.0365. The number of carbonyl (C=O) groups is 2. The predicted octanol–water partition coefficient (Wildman–Crippen LogP) is 1.51. The molecule has 0 saturated carbocycles. The van der Waals surface area contributed by atoms with Crippen LogP contribution in [-0.4, -0.2) is 44.2 Å². The van der Waals surface area contributed by atoms with Crippen LogP contribution in [0.2, 0.25) is 0 Å². The molecule has 0 radical (unpaired) electrons. The molecule has 1 fully saturated rings. The highest BCUT2D eigenvalue weighted by molar-refractivity contribution is 7.89. The largest absolute Gasteiger partial charge is 0.423 e. The third-order valence-electron chi connectivity index (χ3n) is 4.99. The second-order valence-electron chi connectivity index (χ2n) is 6.89. The summed E-state index contributed by atoms with van der Waals surface area (Å²) in [7, 11) is -3.87. The van der Waals surface area contributed by atoms with Crippen molar-refractivity contribution in [3.8, 4) is 5.75 Å². The summed E-state index contributed by atoms with van der Waals surface area (Å²) in [6.45, 7) is 0.224.